The summed E-state index contributed by atoms with van der Waals surface area (Å²) in [6.45, 7) is 0. The van der Waals surface area contributed by atoms with Crippen LogP contribution in [0, 0.1) is 0 Å². The monoisotopic (exact) mass is 360 g/mol. The van der Waals surface area contributed by atoms with Crippen molar-refractivity contribution < 1.29 is 19.2 Å². The molecule has 1 aliphatic heterocycles. The first-order valence-electron chi connectivity index (χ1n) is 8.62. The number of rotatable bonds is 4. The molecule has 3 aromatic rings. The van der Waals surface area contributed by atoms with Crippen LogP contribution >= 0.6 is 0 Å². The number of carbonyl (C=O) groups excluding carboxylic acids is 3. The van der Waals surface area contributed by atoms with Gasteiger partial charge in [-0.2, -0.15) is 0 Å². The first-order chi connectivity index (χ1) is 13.1. The first-order valence-corrected chi connectivity index (χ1v) is 8.62. The molecule has 4 rings (SSSR count). The average molecular weight is 360 g/mol. The summed E-state index contributed by atoms with van der Waals surface area (Å²) in [5.41, 5.74) is 2.30. The minimum absolute atomic E-state index is 0.0651. The van der Waals surface area contributed by atoms with Crippen LogP contribution in [0.1, 0.15) is 18.5 Å². The number of hydrogen-bond donors (Lipinski definition) is 0. The van der Waals surface area contributed by atoms with Crippen molar-refractivity contribution in [2.24, 2.45) is 0 Å². The lowest BCUT2D eigenvalue weighted by Crippen LogP contribution is -2.32. The van der Waals surface area contributed by atoms with Crippen LogP contribution in [0.3, 0.4) is 0 Å². The molecule has 134 valence electrons. The number of fused-ring (bicyclic) bond motifs is 1. The van der Waals surface area contributed by atoms with Gasteiger partial charge >= 0.3 is 5.97 Å². The molecule has 0 unspecified atom stereocenters. The van der Waals surface area contributed by atoms with Gasteiger partial charge in [0.05, 0.1) is 12.1 Å². The zero-order valence-electron chi connectivity index (χ0n) is 14.4. The van der Waals surface area contributed by atoms with Gasteiger partial charge in [-0.3, -0.25) is 14.6 Å². The van der Waals surface area contributed by atoms with Crippen molar-refractivity contribution in [1.29, 1.82) is 0 Å². The topological polar surface area (TPSA) is 76.6 Å². The van der Waals surface area contributed by atoms with Crippen LogP contribution in [0.4, 0.5) is 0 Å². The van der Waals surface area contributed by atoms with Crippen LogP contribution in [0.15, 0.2) is 60.8 Å². The van der Waals surface area contributed by atoms with Crippen molar-refractivity contribution in [3.8, 4) is 11.1 Å². The summed E-state index contributed by atoms with van der Waals surface area (Å²) in [6.07, 6.45) is 1.69. The van der Waals surface area contributed by atoms with Crippen molar-refractivity contribution >= 4 is 28.6 Å². The van der Waals surface area contributed by atoms with E-state index in [1.807, 2.05) is 54.6 Å². The maximum atomic E-state index is 12.4. The molecule has 6 heteroatoms. The highest BCUT2D eigenvalue weighted by Gasteiger charge is 2.33. The number of imide groups is 1. The van der Waals surface area contributed by atoms with Crippen LogP contribution in [0.25, 0.3) is 21.9 Å². The number of carbonyl (C=O) groups is 3. The summed E-state index contributed by atoms with van der Waals surface area (Å²) >= 11 is 0. The Bertz CT molecular complexity index is 1030. The molecule has 0 aliphatic carbocycles. The molecular weight excluding hydrogens is 344 g/mol. The summed E-state index contributed by atoms with van der Waals surface area (Å²) in [5.74, 6) is -1.69. The predicted molar refractivity (Wildman–Crippen MR) is 98.1 cm³/mol. The normalized spacial score (nSPS) is 14.0. The number of nitrogens with zero attached hydrogens (tertiary/aromatic N) is 2. The highest BCUT2D eigenvalue weighted by Crippen LogP contribution is 2.31. The van der Waals surface area contributed by atoms with Crippen LogP contribution < -0.4 is 0 Å². The zero-order chi connectivity index (χ0) is 18.8. The summed E-state index contributed by atoms with van der Waals surface area (Å²) in [6, 6.07) is 17.4. The Hall–Kier alpha value is -3.54. The van der Waals surface area contributed by atoms with Gasteiger partial charge in [-0.25, -0.2) is 4.79 Å². The van der Waals surface area contributed by atoms with Gasteiger partial charge in [0, 0.05) is 30.0 Å². The molecule has 2 aromatic carbocycles. The lowest BCUT2D eigenvalue weighted by atomic mass is 9.96. The van der Waals surface area contributed by atoms with Crippen LogP contribution in [0.2, 0.25) is 0 Å². The lowest BCUT2D eigenvalue weighted by molar-refractivity contribution is -0.197. The first kappa shape index (κ1) is 16.9. The summed E-state index contributed by atoms with van der Waals surface area (Å²) in [4.78, 5) is 45.1. The minimum atomic E-state index is -0.696. The Morgan fingerprint density at radius 1 is 0.963 bits per heavy atom. The van der Waals surface area contributed by atoms with Gasteiger partial charge in [0.15, 0.2) is 0 Å². The Morgan fingerprint density at radius 2 is 1.63 bits per heavy atom. The van der Waals surface area contributed by atoms with Gasteiger partial charge in [0.2, 0.25) is 0 Å². The molecule has 1 aromatic heterocycles. The summed E-state index contributed by atoms with van der Waals surface area (Å²) in [7, 11) is 0. The Morgan fingerprint density at radius 3 is 2.37 bits per heavy atom. The van der Waals surface area contributed by atoms with E-state index in [0.717, 1.165) is 21.9 Å². The fourth-order valence-electron chi connectivity index (χ4n) is 3.19. The highest BCUT2D eigenvalue weighted by atomic mass is 16.7. The second kappa shape index (κ2) is 6.99. The van der Waals surface area contributed by atoms with E-state index in [1.165, 1.54) is 0 Å². The van der Waals surface area contributed by atoms with E-state index in [1.54, 1.807) is 6.20 Å². The lowest BCUT2D eigenvalue weighted by Gasteiger charge is -2.15. The SMILES string of the molecule is O=C(Cc1ncc2ccccc2c1-c1ccccc1)ON1C(=O)CCC1=O. The van der Waals surface area contributed by atoms with Gasteiger partial charge in [-0.15, -0.1) is 5.06 Å². The Kier molecular flexibility index (Phi) is 4.38. The van der Waals surface area contributed by atoms with E-state index in [4.69, 9.17) is 4.84 Å². The van der Waals surface area contributed by atoms with Crippen molar-refractivity contribution in [2.75, 3.05) is 0 Å². The standard InChI is InChI=1S/C21H16N2O4/c24-18-10-11-19(25)23(18)27-20(26)12-17-21(14-6-2-1-3-7-14)16-9-5-4-8-15(16)13-22-17/h1-9,13H,10-12H2. The number of hydrogen-bond acceptors (Lipinski definition) is 5. The van der Waals surface area contributed by atoms with Gasteiger partial charge < -0.3 is 4.84 Å². The van der Waals surface area contributed by atoms with Crippen LogP contribution in [0.5, 0.6) is 0 Å². The van der Waals surface area contributed by atoms with Gasteiger partial charge in [-0.05, 0) is 10.9 Å². The Balaban J connectivity index is 1.70. The van der Waals surface area contributed by atoms with Gasteiger partial charge in [0.1, 0.15) is 0 Å². The molecule has 1 saturated heterocycles. The largest absolute Gasteiger partial charge is 0.339 e. The van der Waals surface area contributed by atoms with E-state index < -0.39 is 17.8 Å². The average Bonchev–Trinajstić information content (AvgIpc) is 3.00. The fourth-order valence-corrected chi connectivity index (χ4v) is 3.19. The van der Waals surface area contributed by atoms with E-state index >= 15 is 0 Å². The van der Waals surface area contributed by atoms with Crippen molar-refractivity contribution in [3.05, 3.63) is 66.5 Å². The number of aromatic nitrogens is 1. The van der Waals surface area contributed by atoms with Crippen LogP contribution in [-0.2, 0) is 25.6 Å². The third-order valence-electron chi connectivity index (χ3n) is 4.45. The third-order valence-corrected chi connectivity index (χ3v) is 4.45. The molecule has 1 aliphatic rings. The minimum Gasteiger partial charge on any atom is -0.330 e. The summed E-state index contributed by atoms with van der Waals surface area (Å²) < 4.78 is 0. The molecule has 0 radical (unpaired) electrons. The quantitative estimate of drug-likeness (QED) is 0.669. The summed E-state index contributed by atoms with van der Waals surface area (Å²) in [5, 5.41) is 2.49. The molecule has 0 saturated carbocycles. The molecule has 2 heterocycles. The molecule has 0 bridgehead atoms. The number of amides is 2. The number of pyridine rings is 1. The molecular formula is C21H16N2O4. The van der Waals surface area contributed by atoms with Gasteiger partial charge in [-0.1, -0.05) is 54.6 Å². The van der Waals surface area contributed by atoms with E-state index in [2.05, 4.69) is 4.98 Å². The smallest absolute Gasteiger partial charge is 0.330 e. The maximum absolute atomic E-state index is 12.4. The van der Waals surface area contributed by atoms with E-state index in [-0.39, 0.29) is 19.3 Å². The van der Waals surface area contributed by atoms with E-state index in [9.17, 15) is 14.4 Å². The van der Waals surface area contributed by atoms with Crippen LogP contribution in [-0.4, -0.2) is 27.8 Å². The van der Waals surface area contributed by atoms with Crippen molar-refractivity contribution in [3.63, 3.8) is 0 Å². The number of benzene rings is 2. The zero-order valence-corrected chi connectivity index (χ0v) is 14.4. The molecule has 1 fully saturated rings. The fraction of sp³-hybridized carbons (Fsp3) is 0.143. The molecule has 0 N–H and O–H groups in total. The third kappa shape index (κ3) is 3.29. The van der Waals surface area contributed by atoms with E-state index in [0.29, 0.717) is 10.8 Å². The molecule has 0 atom stereocenters. The second-order valence-electron chi connectivity index (χ2n) is 6.26. The molecule has 0 spiro atoms. The highest BCUT2D eigenvalue weighted by molar-refractivity contribution is 6.02. The second-order valence-corrected chi connectivity index (χ2v) is 6.26. The predicted octanol–water partition coefficient (Wildman–Crippen LogP) is 3.05. The Labute approximate surface area is 155 Å². The molecule has 27 heavy (non-hydrogen) atoms. The van der Waals surface area contributed by atoms with Crippen molar-refractivity contribution in [1.82, 2.24) is 10.0 Å². The molecule has 6 nitrogen and oxygen atoms in total. The van der Waals surface area contributed by atoms with Gasteiger partial charge in [0.25, 0.3) is 11.8 Å². The maximum Gasteiger partial charge on any atom is 0.339 e. The molecule has 2 amide bonds. The number of hydroxylamine groups is 2. The van der Waals surface area contributed by atoms with Crippen molar-refractivity contribution in [2.45, 2.75) is 19.3 Å².